The van der Waals surface area contributed by atoms with Gasteiger partial charge in [0, 0.05) is 0 Å². The molecule has 0 radical (unpaired) electrons. The topological polar surface area (TPSA) is 127 Å². The van der Waals surface area contributed by atoms with Gasteiger partial charge in [0.1, 0.15) is 26.9 Å². The molecule has 0 saturated heterocycles. The summed E-state index contributed by atoms with van der Waals surface area (Å²) in [6.45, 7) is 1.68. The fourth-order valence-electron chi connectivity index (χ4n) is 4.85. The second kappa shape index (κ2) is 11.7. The molecule has 5 rings (SSSR count). The number of benzene rings is 3. The Morgan fingerprint density at radius 1 is 0.976 bits per heavy atom. The van der Waals surface area contributed by atoms with Crippen molar-refractivity contribution >= 4 is 44.6 Å². The summed E-state index contributed by atoms with van der Waals surface area (Å²) in [5.41, 5.74) is 7.17. The number of hydrogen-bond donors (Lipinski definition) is 1. The van der Waals surface area contributed by atoms with Crippen molar-refractivity contribution in [1.29, 1.82) is 0 Å². The van der Waals surface area contributed by atoms with Crippen LogP contribution in [0.25, 0.3) is 17.5 Å². The average Bonchev–Trinajstić information content (AvgIpc) is 3.32. The highest BCUT2D eigenvalue weighted by Crippen LogP contribution is 2.42. The van der Waals surface area contributed by atoms with Crippen LogP contribution in [0.1, 0.15) is 24.0 Å². The van der Waals surface area contributed by atoms with Crippen molar-refractivity contribution in [3.8, 4) is 11.5 Å². The Morgan fingerprint density at radius 3 is 2.31 bits per heavy atom. The molecule has 1 atom stereocenters. The Kier molecular flexibility index (Phi) is 8.06. The maximum absolute atomic E-state index is 14.3. The van der Waals surface area contributed by atoms with Crippen LogP contribution in [-0.4, -0.2) is 39.8 Å². The first-order valence-corrected chi connectivity index (χ1v) is 15.2. The van der Waals surface area contributed by atoms with Crippen molar-refractivity contribution in [3.05, 3.63) is 114 Å². The number of ether oxygens (including phenoxy) is 3. The third-order valence-electron chi connectivity index (χ3n) is 6.76. The number of fused-ring (bicyclic) bond motifs is 1. The molecule has 9 nitrogen and oxygen atoms in total. The average molecular weight is 605 g/mol. The van der Waals surface area contributed by atoms with Gasteiger partial charge in [-0.15, -0.1) is 11.3 Å². The number of nitrogens with two attached hydrogens (primary N) is 1. The summed E-state index contributed by atoms with van der Waals surface area (Å²) >= 11 is 1.03. The van der Waals surface area contributed by atoms with Crippen LogP contribution in [0.15, 0.2) is 93.5 Å². The molecular weight excluding hydrogens is 576 g/mol. The van der Waals surface area contributed by atoms with Crippen molar-refractivity contribution in [2.75, 3.05) is 20.8 Å². The number of hydrogen-bond acceptors (Lipinski definition) is 9. The molecule has 0 fully saturated rings. The van der Waals surface area contributed by atoms with Crippen molar-refractivity contribution in [2.45, 2.75) is 17.7 Å². The van der Waals surface area contributed by atoms with Gasteiger partial charge in [0.25, 0.3) is 5.56 Å². The van der Waals surface area contributed by atoms with Crippen molar-refractivity contribution in [3.63, 3.8) is 0 Å². The maximum atomic E-state index is 14.3. The third kappa shape index (κ3) is 5.12. The molecule has 1 aliphatic heterocycles. The van der Waals surface area contributed by atoms with E-state index in [4.69, 9.17) is 19.9 Å². The second-order valence-corrected chi connectivity index (χ2v) is 12.2. The van der Waals surface area contributed by atoms with Crippen molar-refractivity contribution in [1.82, 2.24) is 4.57 Å². The van der Waals surface area contributed by atoms with E-state index in [2.05, 4.69) is 0 Å². The smallest absolute Gasteiger partial charge is 0.338 e. The fourth-order valence-corrected chi connectivity index (χ4v) is 7.72. The Balaban J connectivity index is 1.92. The first kappa shape index (κ1) is 28.9. The molecule has 0 saturated carbocycles. The van der Waals surface area contributed by atoms with E-state index in [1.165, 1.54) is 26.4 Å². The number of methoxy groups -OCH3 is 2. The molecule has 42 heavy (non-hydrogen) atoms. The van der Waals surface area contributed by atoms with Crippen LogP contribution in [-0.2, 0) is 19.4 Å². The predicted molar refractivity (Wildman–Crippen MR) is 161 cm³/mol. The lowest BCUT2D eigenvalue weighted by molar-refractivity contribution is -0.136. The standard InChI is InChI=1S/C31H28N2O7S2/c1-4-40-31(35)26-25(20-11-9-13-22(18-20)39-3)27(42(36,37)23-14-6-5-7-15-23)28(32)33-29(34)24(41-30(26)33)17-19-10-8-12-21(16-19)38-2/h5-18,25H,4,32H2,1-3H3/b24-17+. The van der Waals surface area contributed by atoms with Crippen LogP contribution in [0, 0.1) is 0 Å². The van der Waals surface area contributed by atoms with E-state index in [0.717, 1.165) is 15.9 Å². The Labute approximate surface area is 246 Å². The molecule has 0 aliphatic carbocycles. The van der Waals surface area contributed by atoms with E-state index < -0.39 is 27.3 Å². The molecule has 1 aliphatic rings. The Bertz CT molecular complexity index is 1990. The van der Waals surface area contributed by atoms with Gasteiger partial charge >= 0.3 is 5.97 Å². The van der Waals surface area contributed by atoms with E-state index >= 15 is 0 Å². The summed E-state index contributed by atoms with van der Waals surface area (Å²) in [4.78, 5) is 27.2. The normalized spacial score (nSPS) is 15.4. The quantitative estimate of drug-likeness (QED) is 0.304. The van der Waals surface area contributed by atoms with Gasteiger partial charge in [-0.3, -0.25) is 9.36 Å². The number of aromatic nitrogens is 1. The number of allylic oxidation sites excluding steroid dienone is 1. The molecule has 11 heteroatoms. The number of rotatable bonds is 8. The van der Waals surface area contributed by atoms with Crippen LogP contribution in [0.5, 0.6) is 11.5 Å². The Hall–Kier alpha value is -4.61. The minimum atomic E-state index is -4.32. The van der Waals surface area contributed by atoms with Crippen molar-refractivity contribution in [2.24, 2.45) is 5.73 Å². The van der Waals surface area contributed by atoms with Crippen LogP contribution in [0.4, 0.5) is 0 Å². The third-order valence-corrected chi connectivity index (χ3v) is 9.78. The highest BCUT2D eigenvalue weighted by atomic mass is 32.2. The second-order valence-electron chi connectivity index (χ2n) is 9.24. The first-order valence-electron chi connectivity index (χ1n) is 12.9. The molecule has 2 N–H and O–H groups in total. The van der Waals surface area contributed by atoms with Gasteiger partial charge < -0.3 is 19.9 Å². The van der Waals surface area contributed by atoms with Gasteiger partial charge in [0.05, 0.1) is 41.7 Å². The van der Waals surface area contributed by atoms with E-state index in [1.807, 2.05) is 0 Å². The van der Waals surface area contributed by atoms with Crippen LogP contribution >= 0.6 is 11.3 Å². The summed E-state index contributed by atoms with van der Waals surface area (Å²) < 4.78 is 46.2. The summed E-state index contributed by atoms with van der Waals surface area (Å²) in [5, 5.41) is 0. The highest BCUT2D eigenvalue weighted by Gasteiger charge is 2.42. The summed E-state index contributed by atoms with van der Waals surface area (Å²) in [5.74, 6) is -1.19. The van der Waals surface area contributed by atoms with Crippen molar-refractivity contribution < 1.29 is 27.4 Å². The number of carbonyl (C=O) groups is 1. The van der Waals surface area contributed by atoms with E-state index in [9.17, 15) is 18.0 Å². The molecule has 0 spiro atoms. The molecule has 1 unspecified atom stereocenters. The summed E-state index contributed by atoms with van der Waals surface area (Å²) in [6, 6.07) is 21.6. The van der Waals surface area contributed by atoms with Gasteiger partial charge in [-0.25, -0.2) is 13.2 Å². The van der Waals surface area contributed by atoms with Gasteiger partial charge in [0.2, 0.25) is 9.84 Å². The first-order chi connectivity index (χ1) is 20.2. The number of nitrogens with zero attached hydrogens (tertiary/aromatic N) is 1. The van der Waals surface area contributed by atoms with Gasteiger partial charge in [-0.05, 0) is 60.5 Å². The van der Waals surface area contributed by atoms with Crippen LogP contribution < -0.4 is 30.0 Å². The number of thiazole rings is 1. The minimum Gasteiger partial charge on any atom is -0.497 e. The fraction of sp³-hybridized carbons (Fsp3) is 0.161. The Morgan fingerprint density at radius 2 is 1.64 bits per heavy atom. The molecule has 3 aromatic carbocycles. The lowest BCUT2D eigenvalue weighted by Gasteiger charge is -2.28. The zero-order valence-electron chi connectivity index (χ0n) is 23.1. The zero-order valence-corrected chi connectivity index (χ0v) is 24.7. The van der Waals surface area contributed by atoms with Gasteiger partial charge in [0.15, 0.2) is 0 Å². The van der Waals surface area contributed by atoms with Gasteiger partial charge in [-0.1, -0.05) is 42.5 Å². The highest BCUT2D eigenvalue weighted by molar-refractivity contribution is 7.95. The molecular formula is C31H28N2O7S2. The predicted octanol–water partition coefficient (Wildman–Crippen LogP) is 2.83. The summed E-state index contributed by atoms with van der Waals surface area (Å²) in [6.07, 6.45) is 1.64. The molecule has 0 amide bonds. The monoisotopic (exact) mass is 604 g/mol. The number of carbonyl (C=O) groups excluding carboxylic acids is 1. The number of sulfone groups is 1. The maximum Gasteiger partial charge on any atom is 0.338 e. The van der Waals surface area contributed by atoms with E-state index in [0.29, 0.717) is 22.6 Å². The minimum absolute atomic E-state index is 0.0128. The summed E-state index contributed by atoms with van der Waals surface area (Å²) in [7, 11) is -1.30. The molecule has 1 aromatic heterocycles. The molecule has 0 bridgehead atoms. The van der Waals surface area contributed by atoms with Gasteiger partial charge in [-0.2, -0.15) is 0 Å². The lowest BCUT2D eigenvalue weighted by atomic mass is 9.89. The van der Waals surface area contributed by atoms with E-state index in [-0.39, 0.29) is 37.0 Å². The lowest BCUT2D eigenvalue weighted by Crippen LogP contribution is -2.41. The SMILES string of the molecule is CCOC(=O)C1=c2s/c(=C/c3cccc(OC)c3)c(=O)n2C(N)=C(S(=O)(=O)c2ccccc2)C1c1cccc(OC)c1. The molecule has 4 aromatic rings. The zero-order chi connectivity index (χ0) is 30.0. The largest absolute Gasteiger partial charge is 0.497 e. The molecule has 216 valence electrons. The van der Waals surface area contributed by atoms with E-state index in [1.54, 1.807) is 79.7 Å². The van der Waals surface area contributed by atoms with Crippen LogP contribution in [0.3, 0.4) is 0 Å². The molecule has 2 heterocycles. The van der Waals surface area contributed by atoms with Crippen LogP contribution in [0.2, 0.25) is 0 Å². The number of esters is 1.